The highest BCUT2D eigenvalue weighted by atomic mass is 32.2. The maximum absolute atomic E-state index is 13.3. The number of methoxy groups -OCH3 is 1. The van der Waals surface area contributed by atoms with Gasteiger partial charge in [-0.15, -0.1) is 11.3 Å². The van der Waals surface area contributed by atoms with Gasteiger partial charge >= 0.3 is 0 Å². The Balaban J connectivity index is 1.46. The van der Waals surface area contributed by atoms with E-state index in [1.165, 1.54) is 11.3 Å². The first-order valence-electron chi connectivity index (χ1n) is 12.7. The maximum Gasteiger partial charge on any atom is 0.278 e. The number of sulfone groups is 1. The van der Waals surface area contributed by atoms with Gasteiger partial charge in [0.2, 0.25) is 0 Å². The summed E-state index contributed by atoms with van der Waals surface area (Å²) in [7, 11) is 0.258. The van der Waals surface area contributed by atoms with E-state index in [2.05, 4.69) is 32.2 Å². The van der Waals surface area contributed by atoms with E-state index in [1.54, 1.807) is 31.4 Å². The summed E-state index contributed by atoms with van der Waals surface area (Å²) >= 11 is 1.47. The van der Waals surface area contributed by atoms with Gasteiger partial charge in [-0.1, -0.05) is 12.1 Å². The van der Waals surface area contributed by atoms with E-state index in [-0.39, 0.29) is 22.3 Å². The second kappa shape index (κ2) is 12.9. The molecule has 0 radical (unpaired) electrons. The Morgan fingerprint density at radius 2 is 1.81 bits per heavy atom. The normalized spacial score (nSPS) is 17.9. The molecule has 1 amide bonds. The average molecular weight is 549 g/mol. The van der Waals surface area contributed by atoms with Gasteiger partial charge in [0, 0.05) is 76.2 Å². The predicted octanol–water partition coefficient (Wildman–Crippen LogP) is 2.14. The fourth-order valence-electron chi connectivity index (χ4n) is 4.33. The van der Waals surface area contributed by atoms with Crippen molar-refractivity contribution >= 4 is 37.9 Å². The van der Waals surface area contributed by atoms with E-state index < -0.39 is 9.84 Å². The van der Waals surface area contributed by atoms with Gasteiger partial charge in [0.15, 0.2) is 20.7 Å². The smallest absolute Gasteiger partial charge is 0.278 e. The van der Waals surface area contributed by atoms with E-state index in [1.807, 2.05) is 11.2 Å². The molecule has 2 fully saturated rings. The predicted molar refractivity (Wildman–Crippen MR) is 146 cm³/mol. The number of anilines is 1. The van der Waals surface area contributed by atoms with Crippen LogP contribution in [0.4, 0.5) is 5.13 Å². The molecule has 0 unspecified atom stereocenters. The summed E-state index contributed by atoms with van der Waals surface area (Å²) in [5, 5.41) is 9.97. The molecule has 12 heteroatoms. The number of nitrogens with zero attached hydrogens (tertiary/aromatic N) is 5. The van der Waals surface area contributed by atoms with E-state index in [4.69, 9.17) is 4.74 Å². The summed E-state index contributed by atoms with van der Waals surface area (Å²) in [6, 6.07) is 6.39. The molecule has 2 aromatic rings. The van der Waals surface area contributed by atoms with Gasteiger partial charge in [-0.05, 0) is 38.4 Å². The number of hydrogen-bond donors (Lipinski definition) is 1. The maximum atomic E-state index is 13.3. The van der Waals surface area contributed by atoms with Gasteiger partial charge in [-0.3, -0.25) is 20.0 Å². The van der Waals surface area contributed by atoms with Crippen molar-refractivity contribution in [1.29, 1.82) is 0 Å². The van der Waals surface area contributed by atoms with E-state index in [0.29, 0.717) is 23.7 Å². The van der Waals surface area contributed by atoms with Crippen LogP contribution in [0, 0.1) is 0 Å². The molecule has 3 heterocycles. The molecule has 37 heavy (non-hydrogen) atoms. The number of likely N-dealkylation sites (N-methyl/N-ethyl adjacent to an activating group) is 1. The Labute approximate surface area is 223 Å². The molecule has 202 valence electrons. The van der Waals surface area contributed by atoms with Crippen molar-refractivity contribution in [2.24, 2.45) is 5.10 Å². The largest absolute Gasteiger partial charge is 0.385 e. The van der Waals surface area contributed by atoms with Crippen LogP contribution in [0.2, 0.25) is 0 Å². The van der Waals surface area contributed by atoms with Crippen LogP contribution in [0.5, 0.6) is 0 Å². The van der Waals surface area contributed by atoms with Crippen LogP contribution in [0.1, 0.15) is 29.7 Å². The quantitative estimate of drug-likeness (QED) is 0.336. The molecule has 0 atom stereocenters. The monoisotopic (exact) mass is 548 g/mol. The summed E-state index contributed by atoms with van der Waals surface area (Å²) in [4.78, 5) is 23.8. The molecule has 1 aromatic heterocycles. The lowest BCUT2D eigenvalue weighted by Gasteiger charge is -2.31. The van der Waals surface area contributed by atoms with Gasteiger partial charge in [-0.25, -0.2) is 13.4 Å². The number of benzene rings is 1. The zero-order valence-corrected chi connectivity index (χ0v) is 23.2. The summed E-state index contributed by atoms with van der Waals surface area (Å²) in [5.41, 5.74) is 0.815. The first-order chi connectivity index (χ1) is 17.8. The first kappa shape index (κ1) is 27.6. The van der Waals surface area contributed by atoms with Crippen molar-refractivity contribution in [1.82, 2.24) is 19.8 Å². The average Bonchev–Trinajstić information content (AvgIpc) is 3.56. The van der Waals surface area contributed by atoms with Crippen LogP contribution in [0.3, 0.4) is 0 Å². The van der Waals surface area contributed by atoms with Gasteiger partial charge in [0.05, 0.1) is 10.6 Å². The van der Waals surface area contributed by atoms with Crippen LogP contribution < -0.4 is 5.32 Å². The number of ether oxygens (including phenoxy) is 1. The van der Waals surface area contributed by atoms with Crippen LogP contribution in [-0.2, 0) is 25.9 Å². The topological polar surface area (TPSA) is 107 Å². The number of piperazine rings is 1. The number of amides is 1. The SMILES string of the molecule is COCCCS(=O)(=O)c1ccc(C(=NN2CCCC2)C(=O)Nc2ncc(CN3CCN(C)CC3)s2)cc1. The van der Waals surface area contributed by atoms with Crippen molar-refractivity contribution in [3.05, 3.63) is 40.9 Å². The molecule has 4 rings (SSSR count). The number of hydrogen-bond acceptors (Lipinski definition) is 10. The fourth-order valence-corrected chi connectivity index (χ4v) is 6.46. The van der Waals surface area contributed by atoms with E-state index in [9.17, 15) is 13.2 Å². The molecule has 2 saturated heterocycles. The number of carbonyl (C=O) groups is 1. The Bertz CT molecular complexity index is 1170. The molecule has 1 N–H and O–H groups in total. The van der Waals surface area contributed by atoms with Gasteiger partial charge in [0.25, 0.3) is 5.91 Å². The molecular formula is C25H36N6O4S2. The second-order valence-corrected chi connectivity index (χ2v) is 12.7. The third-order valence-corrected chi connectivity index (χ3v) is 9.25. The number of rotatable bonds is 11. The van der Waals surface area contributed by atoms with Crippen molar-refractivity contribution in [2.75, 3.05) is 71.1 Å². The third kappa shape index (κ3) is 7.81. The van der Waals surface area contributed by atoms with E-state index in [0.717, 1.165) is 63.5 Å². The molecular weight excluding hydrogens is 512 g/mol. The zero-order valence-electron chi connectivity index (χ0n) is 21.6. The summed E-state index contributed by atoms with van der Waals surface area (Å²) in [5.74, 6) is -0.348. The highest BCUT2D eigenvalue weighted by Gasteiger charge is 2.22. The number of nitrogens with one attached hydrogen (secondary N) is 1. The summed E-state index contributed by atoms with van der Waals surface area (Å²) < 4.78 is 30.2. The number of carbonyl (C=O) groups excluding carboxylic acids is 1. The van der Waals surface area contributed by atoms with Crippen molar-refractivity contribution in [3.63, 3.8) is 0 Å². The standard InChI is InChI=1S/C25H36N6O4S2/c1-29-12-14-30(15-13-29)19-21-18-26-25(36-21)27-24(32)23(28-31-10-3-4-11-31)20-6-8-22(9-7-20)37(33,34)17-5-16-35-2/h6-9,18H,3-5,10-17,19H2,1-2H3,(H,26,27,32). The third-order valence-electron chi connectivity index (χ3n) is 6.54. The highest BCUT2D eigenvalue weighted by molar-refractivity contribution is 7.91. The highest BCUT2D eigenvalue weighted by Crippen LogP contribution is 2.22. The number of aromatic nitrogens is 1. The van der Waals surface area contributed by atoms with E-state index >= 15 is 0 Å². The molecule has 0 saturated carbocycles. The minimum Gasteiger partial charge on any atom is -0.385 e. The minimum atomic E-state index is -3.42. The molecule has 2 aliphatic heterocycles. The lowest BCUT2D eigenvalue weighted by Crippen LogP contribution is -2.43. The molecule has 0 aliphatic carbocycles. The van der Waals surface area contributed by atoms with Gasteiger partial charge in [0.1, 0.15) is 0 Å². The minimum absolute atomic E-state index is 0.00983. The van der Waals surface area contributed by atoms with Crippen LogP contribution >= 0.6 is 11.3 Å². The molecule has 10 nitrogen and oxygen atoms in total. The molecule has 1 aromatic carbocycles. The molecule has 0 bridgehead atoms. The lowest BCUT2D eigenvalue weighted by molar-refractivity contribution is -0.110. The van der Waals surface area contributed by atoms with Crippen molar-refractivity contribution < 1.29 is 17.9 Å². The lowest BCUT2D eigenvalue weighted by atomic mass is 10.1. The number of hydrazone groups is 1. The fraction of sp³-hybridized carbons (Fsp3) is 0.560. The molecule has 0 spiro atoms. The van der Waals surface area contributed by atoms with Gasteiger partial charge < -0.3 is 9.64 Å². The number of thiazole rings is 1. The van der Waals surface area contributed by atoms with Crippen LogP contribution in [-0.4, -0.2) is 106 Å². The zero-order chi connectivity index (χ0) is 26.3. The van der Waals surface area contributed by atoms with Gasteiger partial charge in [-0.2, -0.15) is 5.10 Å². The second-order valence-electron chi connectivity index (χ2n) is 9.46. The Morgan fingerprint density at radius 1 is 1.11 bits per heavy atom. The van der Waals surface area contributed by atoms with Crippen LogP contribution in [0.25, 0.3) is 0 Å². The van der Waals surface area contributed by atoms with Crippen LogP contribution in [0.15, 0.2) is 40.5 Å². The van der Waals surface area contributed by atoms with Crippen molar-refractivity contribution in [3.8, 4) is 0 Å². The van der Waals surface area contributed by atoms with Crippen molar-refractivity contribution in [2.45, 2.75) is 30.7 Å². The summed E-state index contributed by atoms with van der Waals surface area (Å²) in [6.07, 6.45) is 4.30. The molecule has 2 aliphatic rings. The Hall–Kier alpha value is -2.38. The summed E-state index contributed by atoms with van der Waals surface area (Å²) in [6.45, 7) is 6.90. The Morgan fingerprint density at radius 3 is 2.49 bits per heavy atom. The first-order valence-corrected chi connectivity index (χ1v) is 15.1. The Kier molecular flexibility index (Phi) is 9.65.